The highest BCUT2D eigenvalue weighted by Gasteiger charge is 1.99. The summed E-state index contributed by atoms with van der Waals surface area (Å²) in [4.78, 5) is 9.77. The molecule has 0 unspecified atom stereocenters. The first kappa shape index (κ1) is 7.40. The van der Waals surface area contributed by atoms with Crippen molar-refractivity contribution in [3.63, 3.8) is 0 Å². The molecule has 0 radical (unpaired) electrons. The minimum absolute atomic E-state index is 0.0182. The van der Waals surface area contributed by atoms with Crippen molar-refractivity contribution in [1.29, 1.82) is 0 Å². The molecule has 0 saturated heterocycles. The maximum atomic E-state index is 9.79. The van der Waals surface area contributed by atoms with E-state index in [0.29, 0.717) is 0 Å². The summed E-state index contributed by atoms with van der Waals surface area (Å²) >= 11 is 0. The summed E-state index contributed by atoms with van der Waals surface area (Å²) in [5.74, 6) is 0. The van der Waals surface area contributed by atoms with Gasteiger partial charge in [-0.1, -0.05) is 13.3 Å². The van der Waals surface area contributed by atoms with Gasteiger partial charge in [0.05, 0.1) is 4.91 Å². The van der Waals surface area contributed by atoms with Crippen molar-refractivity contribution in [2.75, 3.05) is 6.54 Å². The van der Waals surface area contributed by atoms with Gasteiger partial charge in [-0.2, -0.15) is 0 Å². The van der Waals surface area contributed by atoms with Gasteiger partial charge < -0.3 is 0 Å². The quantitative estimate of drug-likeness (QED) is 0.447. The maximum Gasteiger partial charge on any atom is 0.248 e. The summed E-state index contributed by atoms with van der Waals surface area (Å²) in [6, 6.07) is 0. The van der Waals surface area contributed by atoms with E-state index in [-0.39, 0.29) is 11.5 Å². The third-order valence-electron chi connectivity index (χ3n) is 0.953. The number of unbranched alkanes of at least 4 members (excludes halogenated alkanes) is 2. The molecule has 0 aliphatic rings. The molecular weight excluding hydrogens is 106 g/mol. The van der Waals surface area contributed by atoms with Crippen LogP contribution in [-0.4, -0.2) is 16.7 Å². The van der Waals surface area contributed by atoms with E-state index < -0.39 is 0 Å². The standard InChI is InChI=1S/C5H12NO2/c1-2-3-4-5-6(7)8/h2-5H2,1H3,(H,7,8)/q+1. The van der Waals surface area contributed by atoms with Crippen LogP contribution in [0.3, 0.4) is 0 Å². The van der Waals surface area contributed by atoms with E-state index in [0.717, 1.165) is 19.3 Å². The summed E-state index contributed by atoms with van der Waals surface area (Å²) in [5, 5.41) is 8.06. The molecule has 48 valence electrons. The molecule has 0 bridgehead atoms. The van der Waals surface area contributed by atoms with Crippen molar-refractivity contribution in [2.45, 2.75) is 26.2 Å². The van der Waals surface area contributed by atoms with Gasteiger partial charge in [0.2, 0.25) is 11.5 Å². The first-order valence-electron chi connectivity index (χ1n) is 2.91. The van der Waals surface area contributed by atoms with E-state index in [2.05, 4.69) is 0 Å². The predicted molar refractivity (Wildman–Crippen MR) is 29.8 cm³/mol. The lowest BCUT2D eigenvalue weighted by Crippen LogP contribution is -2.02. The van der Waals surface area contributed by atoms with Crippen LogP contribution < -0.4 is 0 Å². The minimum Gasteiger partial charge on any atom is -0.246 e. The normalized spacial score (nSPS) is 9.12. The van der Waals surface area contributed by atoms with E-state index in [4.69, 9.17) is 5.21 Å². The molecule has 0 saturated carbocycles. The molecule has 3 nitrogen and oxygen atoms in total. The van der Waals surface area contributed by atoms with Crippen molar-refractivity contribution in [2.24, 2.45) is 0 Å². The Morgan fingerprint density at radius 3 is 2.50 bits per heavy atom. The topological polar surface area (TPSA) is 40.3 Å². The van der Waals surface area contributed by atoms with E-state index in [1.165, 1.54) is 0 Å². The number of rotatable bonds is 4. The third kappa shape index (κ3) is 5.40. The zero-order valence-electron chi connectivity index (χ0n) is 5.13. The third-order valence-corrected chi connectivity index (χ3v) is 0.953. The summed E-state index contributed by atoms with van der Waals surface area (Å²) < 4.78 is 0. The molecule has 0 heterocycles. The van der Waals surface area contributed by atoms with Crippen molar-refractivity contribution in [3.8, 4) is 0 Å². The second kappa shape index (κ2) is 4.56. The Kier molecular flexibility index (Phi) is 4.21. The molecule has 3 heteroatoms. The lowest BCUT2D eigenvalue weighted by molar-refractivity contribution is -0.791. The first-order chi connectivity index (χ1) is 3.77. The van der Waals surface area contributed by atoms with Gasteiger partial charge in [-0.3, -0.25) is 0 Å². The average Bonchev–Trinajstić information content (AvgIpc) is 1.66. The largest absolute Gasteiger partial charge is 0.248 e. The summed E-state index contributed by atoms with van der Waals surface area (Å²) in [5.41, 5.74) is 0. The Morgan fingerprint density at radius 1 is 1.50 bits per heavy atom. The van der Waals surface area contributed by atoms with Gasteiger partial charge in [0.1, 0.15) is 0 Å². The number of nitrogens with zero attached hydrogens (tertiary/aromatic N) is 1. The Balaban J connectivity index is 2.82. The van der Waals surface area contributed by atoms with Gasteiger partial charge in [-0.05, 0) is 6.42 Å². The molecular formula is C5H12NO2+. The Hall–Kier alpha value is -0.600. The van der Waals surface area contributed by atoms with Crippen LogP contribution >= 0.6 is 0 Å². The fraction of sp³-hybridized carbons (Fsp3) is 1.00. The predicted octanol–water partition coefficient (Wildman–Crippen LogP) is 1.34. The molecule has 8 heavy (non-hydrogen) atoms. The van der Waals surface area contributed by atoms with Crippen molar-refractivity contribution in [1.82, 2.24) is 0 Å². The molecule has 0 rings (SSSR count). The van der Waals surface area contributed by atoms with Crippen LogP contribution in [0.15, 0.2) is 0 Å². The van der Waals surface area contributed by atoms with E-state index >= 15 is 0 Å². The van der Waals surface area contributed by atoms with Crippen molar-refractivity contribution >= 4 is 0 Å². The molecule has 0 aliphatic carbocycles. The fourth-order valence-electron chi connectivity index (χ4n) is 0.497. The fourth-order valence-corrected chi connectivity index (χ4v) is 0.497. The summed E-state index contributed by atoms with van der Waals surface area (Å²) in [6.07, 6.45) is 2.88. The summed E-state index contributed by atoms with van der Waals surface area (Å²) in [7, 11) is 0. The number of hydrogen-bond donors (Lipinski definition) is 1. The van der Waals surface area contributed by atoms with Gasteiger partial charge in [0.15, 0.2) is 0 Å². The molecule has 0 atom stereocenters. The summed E-state index contributed by atoms with van der Waals surface area (Å²) in [6.45, 7) is 2.29. The highest BCUT2D eigenvalue weighted by Crippen LogP contribution is 1.91. The van der Waals surface area contributed by atoms with Crippen molar-refractivity contribution in [3.05, 3.63) is 4.91 Å². The highest BCUT2D eigenvalue weighted by molar-refractivity contribution is 4.31. The SMILES string of the molecule is CCCCC[N+](=O)O. The second-order valence-electron chi connectivity index (χ2n) is 1.78. The molecule has 0 spiro atoms. The van der Waals surface area contributed by atoms with E-state index in [1.54, 1.807) is 0 Å². The van der Waals surface area contributed by atoms with E-state index in [1.807, 2.05) is 6.92 Å². The molecule has 0 aliphatic heterocycles. The zero-order chi connectivity index (χ0) is 6.41. The molecule has 1 N–H and O–H groups in total. The van der Waals surface area contributed by atoms with Gasteiger partial charge in [-0.15, -0.1) is 0 Å². The van der Waals surface area contributed by atoms with Crippen LogP contribution in [-0.2, 0) is 0 Å². The number of hydrogen-bond acceptors (Lipinski definition) is 1. The highest BCUT2D eigenvalue weighted by atomic mass is 16.6. The molecule has 0 aromatic heterocycles. The van der Waals surface area contributed by atoms with Crippen LogP contribution in [0, 0.1) is 4.91 Å². The van der Waals surface area contributed by atoms with Gasteiger partial charge in [0, 0.05) is 6.42 Å². The van der Waals surface area contributed by atoms with Crippen LogP contribution in [0.2, 0.25) is 0 Å². The Labute approximate surface area is 48.9 Å². The average molecular weight is 118 g/mol. The van der Waals surface area contributed by atoms with Crippen molar-refractivity contribution < 1.29 is 10.1 Å². The lowest BCUT2D eigenvalue weighted by atomic mass is 10.3. The molecule has 0 amide bonds. The van der Waals surface area contributed by atoms with Crippen LogP contribution in [0.5, 0.6) is 0 Å². The molecule has 0 fully saturated rings. The maximum absolute atomic E-state index is 9.79. The lowest BCUT2D eigenvalue weighted by Gasteiger charge is -1.84. The van der Waals surface area contributed by atoms with Crippen LogP contribution in [0.4, 0.5) is 0 Å². The Morgan fingerprint density at radius 2 is 2.12 bits per heavy atom. The Bertz CT molecular complexity index is 72.8. The van der Waals surface area contributed by atoms with E-state index in [9.17, 15) is 4.91 Å². The van der Waals surface area contributed by atoms with Gasteiger partial charge in [-0.25, -0.2) is 5.21 Å². The molecule has 0 aromatic rings. The monoisotopic (exact) mass is 118 g/mol. The minimum atomic E-state index is -0.0182. The smallest absolute Gasteiger partial charge is 0.246 e. The molecule has 0 aromatic carbocycles. The zero-order valence-corrected chi connectivity index (χ0v) is 5.13. The van der Waals surface area contributed by atoms with Gasteiger partial charge in [0.25, 0.3) is 0 Å². The first-order valence-corrected chi connectivity index (χ1v) is 2.91. The van der Waals surface area contributed by atoms with Crippen LogP contribution in [0.25, 0.3) is 0 Å². The second-order valence-corrected chi connectivity index (χ2v) is 1.78. The van der Waals surface area contributed by atoms with Crippen LogP contribution in [0.1, 0.15) is 26.2 Å². The van der Waals surface area contributed by atoms with Gasteiger partial charge >= 0.3 is 0 Å².